The third-order valence-electron chi connectivity index (χ3n) is 1.53. The van der Waals surface area contributed by atoms with E-state index < -0.39 is 0 Å². The monoisotopic (exact) mass is 177 g/mol. The third-order valence-corrected chi connectivity index (χ3v) is 1.53. The Morgan fingerprint density at radius 2 is 1.64 bits per heavy atom. The molecule has 1 radical (unpaired) electrons. The van der Waals surface area contributed by atoms with E-state index in [-0.39, 0.29) is 22.3 Å². The molecule has 0 N–H and O–H groups in total. The van der Waals surface area contributed by atoms with E-state index in [0.717, 1.165) is 0 Å². The van der Waals surface area contributed by atoms with Crippen LogP contribution in [0.5, 0.6) is 0 Å². The van der Waals surface area contributed by atoms with Gasteiger partial charge in [-0.3, -0.25) is 0 Å². The fraction of sp³-hybridized carbons (Fsp3) is 0. The Morgan fingerprint density at radius 3 is 2.07 bits per heavy atom. The quantitative estimate of drug-likeness (QED) is 0.589. The Balaban J connectivity index is 3.65. The summed E-state index contributed by atoms with van der Waals surface area (Å²) >= 11 is 0. The van der Waals surface area contributed by atoms with Crippen LogP contribution < -0.4 is 0 Å². The second kappa shape index (κ2) is 3.72. The molecule has 0 saturated heterocycles. The molecule has 0 aromatic heterocycles. The van der Waals surface area contributed by atoms with Crippen LogP contribution in [-0.2, 0) is 0 Å². The largest absolute Gasteiger partial charge is 0.192 e. The van der Waals surface area contributed by atoms with Crippen LogP contribution in [0, 0.1) is 51.4 Å². The highest BCUT2D eigenvalue weighted by atomic mass is 14.3. The fourth-order valence-corrected chi connectivity index (χ4v) is 0.933. The van der Waals surface area contributed by atoms with Crippen LogP contribution in [0.2, 0.25) is 0 Å². The van der Waals surface area contributed by atoms with Gasteiger partial charge in [-0.15, -0.1) is 0 Å². The molecule has 0 aliphatic rings. The van der Waals surface area contributed by atoms with E-state index in [0.29, 0.717) is 0 Å². The molecule has 0 bridgehead atoms. The summed E-state index contributed by atoms with van der Waals surface area (Å²) in [4.78, 5) is 0. The molecule has 0 atom stereocenters. The highest BCUT2D eigenvalue weighted by Gasteiger charge is 2.10. The lowest BCUT2D eigenvalue weighted by atomic mass is 10.0. The molecule has 1 aromatic carbocycles. The summed E-state index contributed by atoms with van der Waals surface area (Å²) in [6.07, 6.45) is 0. The van der Waals surface area contributed by atoms with Gasteiger partial charge in [-0.25, -0.2) is 0 Å². The molecule has 61 valence electrons. The van der Waals surface area contributed by atoms with E-state index in [1.54, 1.807) is 24.3 Å². The third kappa shape index (κ3) is 1.37. The van der Waals surface area contributed by atoms with Gasteiger partial charge >= 0.3 is 0 Å². The molecule has 14 heavy (non-hydrogen) atoms. The van der Waals surface area contributed by atoms with Crippen LogP contribution in [0.3, 0.4) is 0 Å². The maximum Gasteiger partial charge on any atom is 0.102 e. The highest BCUT2D eigenvalue weighted by Crippen LogP contribution is 2.14. The molecule has 1 rings (SSSR count). The lowest BCUT2D eigenvalue weighted by molar-refractivity contribution is 1.37. The first kappa shape index (κ1) is 9.27. The molecule has 0 unspecified atom stereocenters. The summed E-state index contributed by atoms with van der Waals surface area (Å²) in [6, 6.07) is 10.6. The number of benzene rings is 1. The molecular weight excluding hydrogens is 176 g/mol. The number of nitriles is 4. The second-order valence-corrected chi connectivity index (χ2v) is 2.29. The molecule has 4 heteroatoms. The Bertz CT molecular complexity index is 508. The number of hydrogen-bond donors (Lipinski definition) is 0. The Kier molecular flexibility index (Phi) is 2.46. The minimum absolute atomic E-state index is 0.0272. The molecule has 0 amide bonds. The summed E-state index contributed by atoms with van der Waals surface area (Å²) in [6.45, 7) is 0. The Morgan fingerprint density at radius 1 is 0.929 bits per heavy atom. The highest BCUT2D eigenvalue weighted by molar-refractivity contribution is 5.57. The predicted octanol–water partition coefficient (Wildman–Crippen LogP) is 0.974. The van der Waals surface area contributed by atoms with Gasteiger partial charge in [-0.05, 0) is 6.07 Å². The van der Waals surface area contributed by atoms with Crippen molar-refractivity contribution in [1.29, 1.82) is 21.0 Å². The summed E-state index contributed by atoms with van der Waals surface area (Å²) < 4.78 is 0. The normalized spacial score (nSPS) is 7.71. The first-order valence-corrected chi connectivity index (χ1v) is 3.47. The molecule has 0 fully saturated rings. The Hall–Kier alpha value is -2.82. The van der Waals surface area contributed by atoms with Gasteiger partial charge in [-0.1, -0.05) is 0 Å². The fourth-order valence-electron chi connectivity index (χ4n) is 0.933. The van der Waals surface area contributed by atoms with Crippen LogP contribution in [0.4, 0.5) is 0 Å². The van der Waals surface area contributed by atoms with Crippen LogP contribution in [0.25, 0.3) is 0 Å². The molecule has 1 aromatic rings. The van der Waals surface area contributed by atoms with Gasteiger partial charge in [0, 0.05) is 6.07 Å². The minimum Gasteiger partial charge on any atom is -0.192 e. The smallest absolute Gasteiger partial charge is 0.102 e. The first-order chi connectivity index (χ1) is 6.76. The van der Waals surface area contributed by atoms with Gasteiger partial charge in [0.15, 0.2) is 0 Å². The van der Waals surface area contributed by atoms with Crippen LogP contribution in [-0.4, -0.2) is 0 Å². The topological polar surface area (TPSA) is 95.2 Å². The van der Waals surface area contributed by atoms with Crippen LogP contribution >= 0.6 is 0 Å². The van der Waals surface area contributed by atoms with Crippen molar-refractivity contribution >= 4 is 0 Å². The molecule has 0 aliphatic carbocycles. The second-order valence-electron chi connectivity index (χ2n) is 2.29. The molecule has 0 spiro atoms. The number of hydrogen-bond acceptors (Lipinski definition) is 4. The SMILES string of the molecule is N#Cc1[c]c(C#N)c(C#N)c(C#N)c1. The summed E-state index contributed by atoms with van der Waals surface area (Å²) in [7, 11) is 0. The average molecular weight is 177 g/mol. The molecule has 0 aliphatic heterocycles. The Labute approximate surface area is 80.5 Å². The van der Waals surface area contributed by atoms with E-state index >= 15 is 0 Å². The van der Waals surface area contributed by atoms with E-state index in [9.17, 15) is 0 Å². The van der Waals surface area contributed by atoms with Crippen molar-refractivity contribution in [2.24, 2.45) is 0 Å². The van der Waals surface area contributed by atoms with Crippen molar-refractivity contribution in [2.75, 3.05) is 0 Å². The van der Waals surface area contributed by atoms with Gasteiger partial charge in [0.25, 0.3) is 0 Å². The summed E-state index contributed by atoms with van der Waals surface area (Å²) in [5.41, 5.74) is 0.00792. The standard InChI is InChI=1S/C10HN4/c11-3-7-1-8(4-12)10(6-14)9(2-7)5-13/h1H. The summed E-state index contributed by atoms with van der Waals surface area (Å²) in [5, 5.41) is 34.5. The van der Waals surface area contributed by atoms with Crippen LogP contribution in [0.1, 0.15) is 22.3 Å². The van der Waals surface area contributed by atoms with Crippen LogP contribution in [0.15, 0.2) is 6.07 Å². The zero-order valence-electron chi connectivity index (χ0n) is 6.87. The summed E-state index contributed by atoms with van der Waals surface area (Å²) in [5.74, 6) is 0. The maximum absolute atomic E-state index is 8.67. The maximum atomic E-state index is 8.67. The van der Waals surface area contributed by atoms with Crippen molar-refractivity contribution < 1.29 is 0 Å². The number of rotatable bonds is 0. The van der Waals surface area contributed by atoms with E-state index in [1.165, 1.54) is 6.07 Å². The van der Waals surface area contributed by atoms with Crippen molar-refractivity contribution in [3.63, 3.8) is 0 Å². The van der Waals surface area contributed by atoms with Crippen molar-refractivity contribution in [2.45, 2.75) is 0 Å². The van der Waals surface area contributed by atoms with Gasteiger partial charge < -0.3 is 0 Å². The number of nitrogens with zero attached hydrogens (tertiary/aromatic N) is 4. The lowest BCUT2D eigenvalue weighted by Crippen LogP contribution is -1.92. The minimum atomic E-state index is -0.0666. The van der Waals surface area contributed by atoms with Crippen molar-refractivity contribution in [3.8, 4) is 24.3 Å². The molecule has 0 heterocycles. The zero-order chi connectivity index (χ0) is 10.6. The van der Waals surface area contributed by atoms with Gasteiger partial charge in [-0.2, -0.15) is 21.0 Å². The van der Waals surface area contributed by atoms with Crippen molar-refractivity contribution in [1.82, 2.24) is 0 Å². The van der Waals surface area contributed by atoms with Gasteiger partial charge in [0.05, 0.1) is 28.3 Å². The van der Waals surface area contributed by atoms with Crippen molar-refractivity contribution in [3.05, 3.63) is 34.4 Å². The zero-order valence-corrected chi connectivity index (χ0v) is 6.87. The lowest BCUT2D eigenvalue weighted by Gasteiger charge is -1.96. The van der Waals surface area contributed by atoms with Gasteiger partial charge in [0.1, 0.15) is 18.2 Å². The predicted molar refractivity (Wildman–Crippen MR) is 44.1 cm³/mol. The first-order valence-electron chi connectivity index (χ1n) is 3.47. The van der Waals surface area contributed by atoms with E-state index in [2.05, 4.69) is 6.07 Å². The average Bonchev–Trinajstić information content (AvgIpc) is 2.26. The van der Waals surface area contributed by atoms with E-state index in [1.807, 2.05) is 0 Å². The molecular formula is C10HN4. The molecule has 0 saturated carbocycles. The van der Waals surface area contributed by atoms with E-state index in [4.69, 9.17) is 21.0 Å². The van der Waals surface area contributed by atoms with Gasteiger partial charge in [0.2, 0.25) is 0 Å². The molecule has 4 nitrogen and oxygen atoms in total.